The first-order chi connectivity index (χ1) is 14.0. The molecule has 0 amide bonds. The highest BCUT2D eigenvalue weighted by Crippen LogP contribution is 2.21. The van der Waals surface area contributed by atoms with E-state index in [2.05, 4.69) is 20.4 Å². The normalized spacial score (nSPS) is 13.6. The van der Waals surface area contributed by atoms with Gasteiger partial charge in [-0.15, -0.1) is 0 Å². The van der Waals surface area contributed by atoms with Gasteiger partial charge in [0.1, 0.15) is 0 Å². The van der Waals surface area contributed by atoms with E-state index in [0.717, 1.165) is 8.68 Å². The fraction of sp³-hybridized carbons (Fsp3) is 0.714. The molecule has 0 spiro atoms. The topological polar surface area (TPSA) is 126 Å². The van der Waals surface area contributed by atoms with E-state index < -0.39 is 12.2 Å². The second-order valence-electron chi connectivity index (χ2n) is 5.45. The minimum absolute atomic E-state index is 0.233. The number of nitrogens with zero attached hydrogens (tertiary/aromatic N) is 2. The number of aliphatic hydroxyl groups is 2. The van der Waals surface area contributed by atoms with Crippen LogP contribution in [0.2, 0.25) is 0 Å². The van der Waals surface area contributed by atoms with Gasteiger partial charge in [0, 0.05) is 11.5 Å². The standard InChI is InChI=1S/C14H22N4O5S6/c19-9(7-26-13-17-15-11(24)28-13)5-22-3-1-21-2-4-23-6-10(20)8-27-14-18-16-12(25)29-14/h9-10,19-20H,1-8H2,(H,15,24)(H,16,25). The summed E-state index contributed by atoms with van der Waals surface area (Å²) in [5.41, 5.74) is 0. The maximum Gasteiger partial charge on any atom is 0.177 e. The van der Waals surface area contributed by atoms with E-state index in [1.807, 2.05) is 0 Å². The second kappa shape index (κ2) is 15.0. The van der Waals surface area contributed by atoms with Crippen LogP contribution in [0.1, 0.15) is 0 Å². The largest absolute Gasteiger partial charge is 0.390 e. The van der Waals surface area contributed by atoms with Gasteiger partial charge in [0.25, 0.3) is 0 Å². The summed E-state index contributed by atoms with van der Waals surface area (Å²) in [5, 5.41) is 33.1. The molecule has 0 aliphatic heterocycles. The lowest BCUT2D eigenvalue weighted by atomic mass is 10.4. The van der Waals surface area contributed by atoms with Gasteiger partial charge in [0.05, 0.1) is 51.8 Å². The summed E-state index contributed by atoms with van der Waals surface area (Å²) in [6, 6.07) is 0. The molecule has 2 aromatic rings. The van der Waals surface area contributed by atoms with Gasteiger partial charge in [-0.2, -0.15) is 10.2 Å². The summed E-state index contributed by atoms with van der Waals surface area (Å²) in [6.07, 6.45) is -1.17. The lowest BCUT2D eigenvalue weighted by molar-refractivity contribution is -0.0158. The second-order valence-corrected chi connectivity index (χ2v) is 11.3. The summed E-state index contributed by atoms with van der Waals surface area (Å²) in [5.74, 6) is 0.974. The van der Waals surface area contributed by atoms with E-state index >= 15 is 0 Å². The van der Waals surface area contributed by atoms with Gasteiger partial charge >= 0.3 is 0 Å². The Labute approximate surface area is 194 Å². The molecule has 0 aliphatic carbocycles. The fourth-order valence-electron chi connectivity index (χ4n) is 1.76. The third-order valence-corrected chi connectivity index (χ3v) is 7.75. The van der Waals surface area contributed by atoms with Gasteiger partial charge in [-0.1, -0.05) is 46.2 Å². The van der Waals surface area contributed by atoms with Crippen LogP contribution in [0.15, 0.2) is 8.68 Å². The molecule has 0 aliphatic rings. The molecule has 29 heavy (non-hydrogen) atoms. The van der Waals surface area contributed by atoms with Crippen molar-refractivity contribution in [2.75, 3.05) is 51.1 Å². The van der Waals surface area contributed by atoms with Gasteiger partial charge in [-0.3, -0.25) is 10.2 Å². The molecule has 2 aromatic heterocycles. The SMILES string of the molecule is OC(COCCOCCOCC(O)CSc1n[nH]c(=S)s1)CSc1n[nH]c(=S)s1. The molecular weight excluding hydrogens is 497 g/mol. The number of H-pyrrole nitrogens is 2. The van der Waals surface area contributed by atoms with Crippen LogP contribution in [0.5, 0.6) is 0 Å². The van der Waals surface area contributed by atoms with Crippen LogP contribution in [0.4, 0.5) is 0 Å². The van der Waals surface area contributed by atoms with Crippen LogP contribution in [0, 0.1) is 7.91 Å². The smallest absolute Gasteiger partial charge is 0.177 e. The highest BCUT2D eigenvalue weighted by Gasteiger charge is 2.08. The first-order valence-electron chi connectivity index (χ1n) is 8.49. The number of rotatable bonds is 16. The van der Waals surface area contributed by atoms with Crippen LogP contribution >= 0.6 is 70.6 Å². The van der Waals surface area contributed by atoms with Crippen molar-refractivity contribution < 1.29 is 24.4 Å². The minimum Gasteiger partial charge on any atom is -0.390 e. The fourth-order valence-corrected chi connectivity index (χ4v) is 5.79. The van der Waals surface area contributed by atoms with E-state index in [9.17, 15) is 10.2 Å². The number of thioether (sulfide) groups is 2. The van der Waals surface area contributed by atoms with E-state index in [0.29, 0.717) is 45.8 Å². The number of nitrogens with one attached hydrogen (secondary N) is 2. The van der Waals surface area contributed by atoms with E-state index in [1.54, 1.807) is 0 Å². The average Bonchev–Trinajstić information content (AvgIpc) is 3.31. The molecule has 9 nitrogen and oxygen atoms in total. The Morgan fingerprint density at radius 3 is 1.59 bits per heavy atom. The molecule has 2 rings (SSSR count). The zero-order valence-corrected chi connectivity index (χ0v) is 20.2. The number of hydrogen-bond acceptors (Lipinski definition) is 13. The number of hydrogen-bond donors (Lipinski definition) is 4. The molecule has 2 atom stereocenters. The molecule has 164 valence electrons. The molecular formula is C14H22N4O5S6. The van der Waals surface area contributed by atoms with Crippen molar-refractivity contribution in [3.8, 4) is 0 Å². The predicted octanol–water partition coefficient (Wildman–Crippen LogP) is 2.37. The highest BCUT2D eigenvalue weighted by molar-refractivity contribution is 8.01. The van der Waals surface area contributed by atoms with Crippen LogP contribution < -0.4 is 0 Å². The monoisotopic (exact) mass is 518 g/mol. The van der Waals surface area contributed by atoms with Gasteiger partial charge in [-0.05, 0) is 24.4 Å². The van der Waals surface area contributed by atoms with E-state index in [-0.39, 0.29) is 13.2 Å². The maximum atomic E-state index is 9.86. The maximum absolute atomic E-state index is 9.86. The zero-order chi connectivity index (χ0) is 20.9. The summed E-state index contributed by atoms with van der Waals surface area (Å²) in [7, 11) is 0. The molecule has 2 heterocycles. The Hall–Kier alpha value is 0.0600. The van der Waals surface area contributed by atoms with E-state index in [4.69, 9.17) is 38.6 Å². The Morgan fingerprint density at radius 1 is 0.793 bits per heavy atom. The van der Waals surface area contributed by atoms with Crippen molar-refractivity contribution >= 4 is 70.6 Å². The minimum atomic E-state index is -0.583. The van der Waals surface area contributed by atoms with Gasteiger partial charge in [0.2, 0.25) is 0 Å². The number of aromatic amines is 2. The van der Waals surface area contributed by atoms with Crippen LogP contribution in [-0.4, -0.2) is 94.0 Å². The van der Waals surface area contributed by atoms with Crippen molar-refractivity contribution in [1.29, 1.82) is 0 Å². The van der Waals surface area contributed by atoms with Gasteiger partial charge in [0.15, 0.2) is 16.6 Å². The third kappa shape index (κ3) is 11.9. The molecule has 15 heteroatoms. The van der Waals surface area contributed by atoms with Crippen molar-refractivity contribution in [3.05, 3.63) is 7.91 Å². The van der Waals surface area contributed by atoms with E-state index in [1.165, 1.54) is 46.2 Å². The third-order valence-electron chi connectivity index (χ3n) is 3.00. The van der Waals surface area contributed by atoms with Crippen LogP contribution in [0.25, 0.3) is 0 Å². The van der Waals surface area contributed by atoms with Crippen molar-refractivity contribution in [2.45, 2.75) is 20.9 Å². The molecule has 0 saturated carbocycles. The quantitative estimate of drug-likeness (QED) is 0.149. The first kappa shape index (κ1) is 25.3. The average molecular weight is 519 g/mol. The van der Waals surface area contributed by atoms with Gasteiger partial charge < -0.3 is 24.4 Å². The summed E-state index contributed by atoms with van der Waals surface area (Å²) in [4.78, 5) is 0. The molecule has 4 N–H and O–H groups in total. The Bertz CT molecular complexity index is 731. The molecule has 0 fully saturated rings. The molecule has 2 unspecified atom stereocenters. The van der Waals surface area contributed by atoms with Crippen molar-refractivity contribution in [3.63, 3.8) is 0 Å². The summed E-state index contributed by atoms with van der Waals surface area (Å²) < 4.78 is 19.0. The predicted molar refractivity (Wildman–Crippen MR) is 121 cm³/mol. The first-order valence-corrected chi connectivity index (χ1v) is 12.9. The number of aliphatic hydroxyl groups excluding tert-OH is 2. The molecule has 0 bridgehead atoms. The van der Waals surface area contributed by atoms with Gasteiger partial charge in [-0.25, -0.2) is 0 Å². The summed E-state index contributed by atoms with van der Waals surface area (Å²) >= 11 is 15.5. The molecule has 0 saturated heterocycles. The number of aromatic nitrogens is 4. The zero-order valence-electron chi connectivity index (χ0n) is 15.3. The van der Waals surface area contributed by atoms with Crippen LogP contribution in [-0.2, 0) is 14.2 Å². The Morgan fingerprint density at radius 2 is 1.21 bits per heavy atom. The Balaban J connectivity index is 1.36. The number of ether oxygens (including phenoxy) is 3. The van der Waals surface area contributed by atoms with Crippen LogP contribution in [0.3, 0.4) is 0 Å². The lowest BCUT2D eigenvalue weighted by Crippen LogP contribution is -2.21. The Kier molecular flexibility index (Phi) is 13.1. The lowest BCUT2D eigenvalue weighted by Gasteiger charge is -2.11. The molecule has 0 aromatic carbocycles. The van der Waals surface area contributed by atoms with Crippen molar-refractivity contribution in [2.24, 2.45) is 0 Å². The van der Waals surface area contributed by atoms with Crippen molar-refractivity contribution in [1.82, 2.24) is 20.4 Å². The summed E-state index contributed by atoms with van der Waals surface area (Å²) in [6.45, 7) is 2.06. The molecule has 0 radical (unpaired) electrons. The highest BCUT2D eigenvalue weighted by atomic mass is 32.2.